The smallest absolute Gasteiger partial charge is 0.258 e. The van der Waals surface area contributed by atoms with E-state index in [-0.39, 0.29) is 12.4 Å². The molecule has 0 heterocycles. The van der Waals surface area contributed by atoms with Crippen molar-refractivity contribution < 1.29 is 14.7 Å². The van der Waals surface area contributed by atoms with Gasteiger partial charge in [0.15, 0.2) is 0 Å². The summed E-state index contributed by atoms with van der Waals surface area (Å²) < 4.78 is 0. The van der Waals surface area contributed by atoms with Crippen molar-refractivity contribution in [3.05, 3.63) is 83.9 Å². The number of aliphatic hydroxyl groups excluding tert-OH is 1. The number of carbonyl (C=O) groups is 2. The Hall–Kier alpha value is -2.73. The Bertz CT molecular complexity index is 926. The van der Waals surface area contributed by atoms with Gasteiger partial charge in [-0.15, -0.1) is 12.4 Å². The Morgan fingerprint density at radius 2 is 1.56 bits per heavy atom. The van der Waals surface area contributed by atoms with Crippen LogP contribution in [0, 0.1) is 0 Å². The summed E-state index contributed by atoms with van der Waals surface area (Å²) in [4.78, 5) is 24.7. The summed E-state index contributed by atoms with van der Waals surface area (Å²) in [6.45, 7) is 0. The van der Waals surface area contributed by atoms with Crippen molar-refractivity contribution >= 4 is 35.0 Å². The molecule has 6 heteroatoms. The van der Waals surface area contributed by atoms with Crippen molar-refractivity contribution in [2.45, 2.75) is 18.6 Å². The van der Waals surface area contributed by atoms with Gasteiger partial charge in [0.1, 0.15) is 6.10 Å². The maximum atomic E-state index is 12.5. The molecule has 3 rings (SSSR count). The summed E-state index contributed by atoms with van der Waals surface area (Å²) in [5.41, 5.74) is 7.22. The minimum Gasteiger partial charge on any atom is -0.382 e. The van der Waals surface area contributed by atoms with E-state index >= 15 is 0 Å². The lowest BCUT2D eigenvalue weighted by Crippen LogP contribution is -2.49. The highest BCUT2D eigenvalue weighted by molar-refractivity contribution is 6.12. The molecule has 0 unspecified atom stereocenters. The van der Waals surface area contributed by atoms with Gasteiger partial charge < -0.3 is 10.8 Å². The third-order valence-electron chi connectivity index (χ3n) is 4.26. The van der Waals surface area contributed by atoms with Gasteiger partial charge in [-0.2, -0.15) is 0 Å². The van der Waals surface area contributed by atoms with Crippen LogP contribution in [0.15, 0.2) is 72.8 Å². The zero-order valence-corrected chi connectivity index (χ0v) is 15.4. The number of aliphatic hydroxyl groups is 1. The van der Waals surface area contributed by atoms with Crippen LogP contribution in [0.5, 0.6) is 0 Å². The molecule has 0 saturated heterocycles. The van der Waals surface area contributed by atoms with Crippen LogP contribution in [-0.2, 0) is 11.2 Å². The lowest BCUT2D eigenvalue weighted by molar-refractivity contribution is -0.129. The molecule has 0 aromatic heterocycles. The molecule has 0 aliphatic rings. The van der Waals surface area contributed by atoms with Crippen LogP contribution in [0.3, 0.4) is 0 Å². The van der Waals surface area contributed by atoms with Crippen LogP contribution >= 0.6 is 12.4 Å². The molecule has 0 spiro atoms. The molecule has 2 atom stereocenters. The van der Waals surface area contributed by atoms with Gasteiger partial charge >= 0.3 is 0 Å². The Morgan fingerprint density at radius 3 is 2.30 bits per heavy atom. The molecule has 0 bridgehead atoms. The molecule has 27 heavy (non-hydrogen) atoms. The maximum Gasteiger partial charge on any atom is 0.258 e. The monoisotopic (exact) mass is 384 g/mol. The Labute approximate surface area is 163 Å². The fourth-order valence-electron chi connectivity index (χ4n) is 2.87. The number of carbonyl (C=O) groups excluding carboxylic acids is 2. The second-order valence-electron chi connectivity index (χ2n) is 6.14. The number of rotatable bonds is 5. The van der Waals surface area contributed by atoms with Crippen LogP contribution in [0.25, 0.3) is 10.8 Å². The number of imide groups is 1. The largest absolute Gasteiger partial charge is 0.382 e. The van der Waals surface area contributed by atoms with Gasteiger partial charge in [0, 0.05) is 11.6 Å². The highest BCUT2D eigenvalue weighted by Gasteiger charge is 2.25. The van der Waals surface area contributed by atoms with Crippen molar-refractivity contribution in [1.82, 2.24) is 5.32 Å². The van der Waals surface area contributed by atoms with Crippen LogP contribution in [-0.4, -0.2) is 29.1 Å². The first-order valence-corrected chi connectivity index (χ1v) is 8.37. The summed E-state index contributed by atoms with van der Waals surface area (Å²) in [6.07, 6.45) is -1.15. The van der Waals surface area contributed by atoms with Crippen molar-refractivity contribution in [3.8, 4) is 0 Å². The zero-order chi connectivity index (χ0) is 18.5. The molecule has 3 aromatic rings. The second-order valence-corrected chi connectivity index (χ2v) is 6.14. The molecule has 0 radical (unpaired) electrons. The molecule has 0 aliphatic carbocycles. The number of fused-ring (bicyclic) bond motifs is 1. The molecule has 4 N–H and O–H groups in total. The molecule has 2 amide bonds. The molecule has 0 aliphatic heterocycles. The van der Waals surface area contributed by atoms with Gasteiger partial charge in [0.2, 0.25) is 0 Å². The van der Waals surface area contributed by atoms with E-state index in [0.29, 0.717) is 12.0 Å². The molecule has 5 nitrogen and oxygen atoms in total. The average molecular weight is 385 g/mol. The van der Waals surface area contributed by atoms with Crippen molar-refractivity contribution in [2.24, 2.45) is 5.73 Å². The molecule has 3 aromatic carbocycles. The van der Waals surface area contributed by atoms with E-state index in [1.54, 1.807) is 12.1 Å². The fraction of sp³-hybridized carbons (Fsp3) is 0.143. The van der Waals surface area contributed by atoms with Crippen LogP contribution in [0.4, 0.5) is 0 Å². The maximum absolute atomic E-state index is 12.5. The minimum absolute atomic E-state index is 0. The normalized spacial score (nSPS) is 12.7. The lowest BCUT2D eigenvalue weighted by Gasteiger charge is -2.18. The number of amides is 2. The highest BCUT2D eigenvalue weighted by atomic mass is 35.5. The van der Waals surface area contributed by atoms with Gasteiger partial charge in [0.25, 0.3) is 11.8 Å². The van der Waals surface area contributed by atoms with Crippen LogP contribution in [0.2, 0.25) is 0 Å². The van der Waals surface area contributed by atoms with Crippen LogP contribution in [0.1, 0.15) is 15.9 Å². The summed E-state index contributed by atoms with van der Waals surface area (Å²) in [5.74, 6) is -1.36. The third kappa shape index (κ3) is 4.92. The lowest BCUT2D eigenvalue weighted by atomic mass is 10.0. The predicted molar refractivity (Wildman–Crippen MR) is 108 cm³/mol. The van der Waals surface area contributed by atoms with Crippen molar-refractivity contribution in [2.75, 3.05) is 0 Å². The van der Waals surface area contributed by atoms with E-state index in [9.17, 15) is 14.7 Å². The first kappa shape index (κ1) is 20.6. The number of nitrogens with one attached hydrogen (secondary N) is 1. The van der Waals surface area contributed by atoms with Crippen molar-refractivity contribution in [1.29, 1.82) is 0 Å². The van der Waals surface area contributed by atoms with Gasteiger partial charge in [-0.3, -0.25) is 14.9 Å². The van der Waals surface area contributed by atoms with E-state index in [4.69, 9.17) is 5.73 Å². The van der Waals surface area contributed by atoms with E-state index in [2.05, 4.69) is 5.32 Å². The van der Waals surface area contributed by atoms with E-state index in [0.717, 1.165) is 16.3 Å². The van der Waals surface area contributed by atoms with Crippen molar-refractivity contribution in [3.63, 3.8) is 0 Å². The Morgan fingerprint density at radius 1 is 0.926 bits per heavy atom. The fourth-order valence-corrected chi connectivity index (χ4v) is 2.87. The van der Waals surface area contributed by atoms with Gasteiger partial charge in [-0.1, -0.05) is 66.7 Å². The summed E-state index contributed by atoms with van der Waals surface area (Å²) >= 11 is 0. The topological polar surface area (TPSA) is 92.4 Å². The van der Waals surface area contributed by atoms with Crippen LogP contribution < -0.4 is 11.1 Å². The second kappa shape index (κ2) is 9.28. The summed E-state index contributed by atoms with van der Waals surface area (Å²) in [7, 11) is 0. The highest BCUT2D eigenvalue weighted by Crippen LogP contribution is 2.18. The first-order valence-electron chi connectivity index (χ1n) is 8.37. The molecule has 0 fully saturated rings. The average Bonchev–Trinajstić information content (AvgIpc) is 2.67. The summed E-state index contributed by atoms with van der Waals surface area (Å²) in [6, 6.07) is 21.2. The molecule has 140 valence electrons. The molecular weight excluding hydrogens is 364 g/mol. The molecule has 0 saturated carbocycles. The van der Waals surface area contributed by atoms with Gasteiger partial charge in [0.05, 0.1) is 0 Å². The number of halogens is 1. The standard InChI is InChI=1S/C21H20N2O3.ClH/c22-18(13-14-7-2-1-3-8-14)19(24)21(26)23-20(25)17-12-6-10-15-9-4-5-11-16(15)17;/h1-12,18-19,24H,13,22H2,(H,23,25,26);1H/t18-,19+;/m1./s1. The predicted octanol–water partition coefficient (Wildman–Crippen LogP) is 2.45. The van der Waals surface area contributed by atoms with E-state index in [1.807, 2.05) is 60.7 Å². The Kier molecular flexibility index (Phi) is 7.07. The summed E-state index contributed by atoms with van der Waals surface area (Å²) in [5, 5.41) is 14.1. The minimum atomic E-state index is -1.48. The zero-order valence-electron chi connectivity index (χ0n) is 14.5. The number of benzene rings is 3. The van der Waals surface area contributed by atoms with Gasteiger partial charge in [-0.25, -0.2) is 0 Å². The Balaban J connectivity index is 0.00000261. The molecular formula is C21H21ClN2O3. The number of nitrogens with two attached hydrogens (primary N) is 1. The van der Waals surface area contributed by atoms with Gasteiger partial charge in [-0.05, 0) is 28.8 Å². The first-order chi connectivity index (χ1) is 12.6. The SMILES string of the molecule is Cl.N[C@H](Cc1ccccc1)[C@H](O)C(=O)NC(=O)c1cccc2ccccc12. The van der Waals surface area contributed by atoms with E-state index in [1.165, 1.54) is 0 Å². The van der Waals surface area contributed by atoms with E-state index < -0.39 is 24.0 Å². The number of hydrogen-bond acceptors (Lipinski definition) is 4. The quantitative estimate of drug-likeness (QED) is 0.630. The third-order valence-corrected chi connectivity index (χ3v) is 4.26. The number of hydrogen-bond donors (Lipinski definition) is 3.